The minimum atomic E-state index is -0.668. The van der Waals surface area contributed by atoms with Crippen LogP contribution in [0.2, 0.25) is 0 Å². The van der Waals surface area contributed by atoms with E-state index in [4.69, 9.17) is 0 Å². The van der Waals surface area contributed by atoms with Crippen LogP contribution in [-0.2, 0) is 0 Å². The molecule has 2 fully saturated rings. The van der Waals surface area contributed by atoms with Crippen molar-refractivity contribution >= 4 is 0 Å². The average Bonchev–Trinajstić information content (AvgIpc) is 1.93. The van der Waals surface area contributed by atoms with Gasteiger partial charge in [0.05, 0.1) is 11.7 Å². The highest BCUT2D eigenvalue weighted by Crippen LogP contribution is 2.48. The summed E-state index contributed by atoms with van der Waals surface area (Å²) in [6, 6.07) is 0. The summed E-state index contributed by atoms with van der Waals surface area (Å²) >= 11 is 0. The summed E-state index contributed by atoms with van der Waals surface area (Å²) in [5.41, 5.74) is -0.668. The zero-order valence-electron chi connectivity index (χ0n) is 6.08. The maximum atomic E-state index is 9.75. The molecular weight excluding hydrogens is 128 g/mol. The first kappa shape index (κ1) is 6.62. The lowest BCUT2D eigenvalue weighted by Crippen LogP contribution is -2.60. The Labute approximate surface area is 60.9 Å². The van der Waals surface area contributed by atoms with Gasteiger partial charge in [0.1, 0.15) is 0 Å². The number of rotatable bonds is 0. The summed E-state index contributed by atoms with van der Waals surface area (Å²) in [5.74, 6) is 0.413. The van der Waals surface area contributed by atoms with Crippen molar-refractivity contribution in [2.45, 2.75) is 43.8 Å². The van der Waals surface area contributed by atoms with Crippen LogP contribution in [0.4, 0.5) is 0 Å². The van der Waals surface area contributed by atoms with Gasteiger partial charge in [0, 0.05) is 0 Å². The average molecular weight is 142 g/mol. The van der Waals surface area contributed by atoms with E-state index in [0.29, 0.717) is 5.92 Å². The molecule has 10 heavy (non-hydrogen) atoms. The van der Waals surface area contributed by atoms with Crippen LogP contribution >= 0.6 is 0 Å². The van der Waals surface area contributed by atoms with E-state index in [1.54, 1.807) is 0 Å². The molecule has 0 unspecified atom stereocenters. The third-order valence-electron chi connectivity index (χ3n) is 3.17. The van der Waals surface area contributed by atoms with Crippen LogP contribution in [-0.4, -0.2) is 21.9 Å². The molecule has 0 radical (unpaired) electrons. The summed E-state index contributed by atoms with van der Waals surface area (Å²) in [5, 5.41) is 19.0. The van der Waals surface area contributed by atoms with Crippen molar-refractivity contribution in [3.05, 3.63) is 0 Å². The van der Waals surface area contributed by atoms with Crippen LogP contribution in [0.1, 0.15) is 32.1 Å². The van der Waals surface area contributed by atoms with Gasteiger partial charge in [0.2, 0.25) is 0 Å². The SMILES string of the molecule is O[C@@H]1C[C@@H]2CCCC[C@@]21O. The number of aliphatic hydroxyl groups is 2. The quantitative estimate of drug-likeness (QED) is 0.522. The fourth-order valence-corrected chi connectivity index (χ4v) is 2.33. The van der Waals surface area contributed by atoms with Gasteiger partial charge >= 0.3 is 0 Å². The van der Waals surface area contributed by atoms with Gasteiger partial charge < -0.3 is 10.2 Å². The highest BCUT2D eigenvalue weighted by Gasteiger charge is 2.53. The third kappa shape index (κ3) is 0.663. The first-order valence-electron chi connectivity index (χ1n) is 4.14. The largest absolute Gasteiger partial charge is 0.390 e. The molecule has 0 saturated heterocycles. The monoisotopic (exact) mass is 142 g/mol. The van der Waals surface area contributed by atoms with E-state index >= 15 is 0 Å². The first-order valence-corrected chi connectivity index (χ1v) is 4.14. The molecule has 0 aromatic heterocycles. The highest BCUT2D eigenvalue weighted by molar-refractivity contribution is 5.05. The van der Waals surface area contributed by atoms with E-state index in [0.717, 1.165) is 25.7 Å². The van der Waals surface area contributed by atoms with Crippen LogP contribution in [0.15, 0.2) is 0 Å². The maximum Gasteiger partial charge on any atom is 0.0934 e. The normalized spacial score (nSPS) is 53.4. The van der Waals surface area contributed by atoms with Gasteiger partial charge in [-0.05, 0) is 25.2 Å². The molecule has 2 N–H and O–H groups in total. The Hall–Kier alpha value is -0.0800. The Morgan fingerprint density at radius 1 is 1.30 bits per heavy atom. The molecule has 2 heteroatoms. The fraction of sp³-hybridized carbons (Fsp3) is 1.00. The van der Waals surface area contributed by atoms with Crippen LogP contribution in [0.5, 0.6) is 0 Å². The van der Waals surface area contributed by atoms with Crippen molar-refractivity contribution in [1.29, 1.82) is 0 Å². The molecule has 0 amide bonds. The summed E-state index contributed by atoms with van der Waals surface area (Å²) in [6.45, 7) is 0. The van der Waals surface area contributed by atoms with Gasteiger partial charge in [-0.25, -0.2) is 0 Å². The smallest absolute Gasteiger partial charge is 0.0934 e. The van der Waals surface area contributed by atoms with Gasteiger partial charge in [0.25, 0.3) is 0 Å². The predicted octanol–water partition coefficient (Wildman–Crippen LogP) is 0.672. The first-order chi connectivity index (χ1) is 4.73. The standard InChI is InChI=1S/C8H14O2/c9-7-5-6-3-1-2-4-8(6,7)10/h6-7,9-10H,1-5H2/t6-,7+,8+/m0/s1. The molecule has 0 bridgehead atoms. The maximum absolute atomic E-state index is 9.75. The highest BCUT2D eigenvalue weighted by atomic mass is 16.3. The van der Waals surface area contributed by atoms with Crippen molar-refractivity contribution < 1.29 is 10.2 Å². The molecule has 3 atom stereocenters. The molecule has 2 aliphatic rings. The van der Waals surface area contributed by atoms with Crippen LogP contribution in [0, 0.1) is 5.92 Å². The topological polar surface area (TPSA) is 40.5 Å². The van der Waals surface area contributed by atoms with E-state index in [9.17, 15) is 10.2 Å². The Balaban J connectivity index is 2.08. The molecule has 0 aliphatic heterocycles. The Bertz CT molecular complexity index is 144. The van der Waals surface area contributed by atoms with Crippen molar-refractivity contribution in [3.8, 4) is 0 Å². The summed E-state index contributed by atoms with van der Waals surface area (Å²) in [7, 11) is 0. The molecule has 0 aromatic carbocycles. The second-order valence-electron chi connectivity index (χ2n) is 3.69. The number of hydrogen-bond donors (Lipinski definition) is 2. The summed E-state index contributed by atoms with van der Waals surface area (Å²) < 4.78 is 0. The molecule has 2 nitrogen and oxygen atoms in total. The number of aliphatic hydroxyl groups excluding tert-OH is 1. The molecule has 2 aliphatic carbocycles. The second kappa shape index (κ2) is 1.95. The van der Waals surface area contributed by atoms with Crippen molar-refractivity contribution in [3.63, 3.8) is 0 Å². The van der Waals surface area contributed by atoms with Crippen LogP contribution in [0.25, 0.3) is 0 Å². The molecule has 0 spiro atoms. The van der Waals surface area contributed by atoms with Crippen molar-refractivity contribution in [2.75, 3.05) is 0 Å². The zero-order valence-corrected chi connectivity index (χ0v) is 6.08. The van der Waals surface area contributed by atoms with Crippen molar-refractivity contribution in [1.82, 2.24) is 0 Å². The summed E-state index contributed by atoms with van der Waals surface area (Å²) in [6.07, 6.45) is 4.67. The zero-order chi connectivity index (χ0) is 7.19. The van der Waals surface area contributed by atoms with E-state index < -0.39 is 11.7 Å². The Kier molecular flexibility index (Phi) is 1.29. The summed E-state index contributed by atoms with van der Waals surface area (Å²) in [4.78, 5) is 0. The molecular formula is C8H14O2. The Morgan fingerprint density at radius 2 is 2.10 bits per heavy atom. The Morgan fingerprint density at radius 3 is 2.60 bits per heavy atom. The molecule has 2 rings (SSSR count). The van der Waals surface area contributed by atoms with E-state index in [1.165, 1.54) is 6.42 Å². The van der Waals surface area contributed by atoms with Crippen LogP contribution in [0.3, 0.4) is 0 Å². The van der Waals surface area contributed by atoms with Crippen LogP contribution < -0.4 is 0 Å². The van der Waals surface area contributed by atoms with E-state index in [2.05, 4.69) is 0 Å². The lowest BCUT2D eigenvalue weighted by Gasteiger charge is -2.52. The van der Waals surface area contributed by atoms with E-state index in [-0.39, 0.29) is 0 Å². The third-order valence-corrected chi connectivity index (χ3v) is 3.17. The minimum absolute atomic E-state index is 0.413. The number of fused-ring (bicyclic) bond motifs is 1. The van der Waals surface area contributed by atoms with Gasteiger partial charge in [-0.3, -0.25) is 0 Å². The lowest BCUT2D eigenvalue weighted by atomic mass is 9.60. The predicted molar refractivity (Wildman–Crippen MR) is 37.5 cm³/mol. The fourth-order valence-electron chi connectivity index (χ4n) is 2.33. The molecule has 0 heterocycles. The second-order valence-corrected chi connectivity index (χ2v) is 3.69. The van der Waals surface area contributed by atoms with Gasteiger partial charge in [-0.2, -0.15) is 0 Å². The lowest BCUT2D eigenvalue weighted by molar-refractivity contribution is -0.208. The molecule has 2 saturated carbocycles. The molecule has 58 valence electrons. The minimum Gasteiger partial charge on any atom is -0.390 e. The van der Waals surface area contributed by atoms with E-state index in [1.807, 2.05) is 0 Å². The van der Waals surface area contributed by atoms with Gasteiger partial charge in [-0.15, -0.1) is 0 Å². The molecule has 0 aromatic rings. The van der Waals surface area contributed by atoms with Gasteiger partial charge in [-0.1, -0.05) is 12.8 Å². The number of hydrogen-bond acceptors (Lipinski definition) is 2. The van der Waals surface area contributed by atoms with Gasteiger partial charge in [0.15, 0.2) is 0 Å². The van der Waals surface area contributed by atoms with Crippen molar-refractivity contribution in [2.24, 2.45) is 5.92 Å².